The third-order valence-corrected chi connectivity index (χ3v) is 2.71. The van der Waals surface area contributed by atoms with Gasteiger partial charge in [0.05, 0.1) is 12.2 Å². The molecular weight excluding hydrogens is 231 g/mol. The molecule has 0 aliphatic rings. The summed E-state index contributed by atoms with van der Waals surface area (Å²) in [4.78, 5) is 7.79. The van der Waals surface area contributed by atoms with Gasteiger partial charge in [0.1, 0.15) is 11.6 Å². The van der Waals surface area contributed by atoms with Gasteiger partial charge in [-0.25, -0.2) is 9.37 Å². The van der Waals surface area contributed by atoms with Crippen molar-refractivity contribution in [3.8, 4) is 0 Å². The number of halogens is 1. The number of nitrogens with zero attached hydrogens (tertiary/aromatic N) is 2. The molecule has 0 fully saturated rings. The van der Waals surface area contributed by atoms with E-state index in [0.29, 0.717) is 17.9 Å². The first kappa shape index (κ1) is 12.4. The SMILES string of the molecule is CCNC(c1ccncc1F)c1cccnc1N. The maximum absolute atomic E-state index is 13.8. The van der Waals surface area contributed by atoms with Gasteiger partial charge in [-0.2, -0.15) is 0 Å². The van der Waals surface area contributed by atoms with Crippen molar-refractivity contribution >= 4 is 5.82 Å². The van der Waals surface area contributed by atoms with Crippen molar-refractivity contribution in [2.45, 2.75) is 13.0 Å². The zero-order valence-corrected chi connectivity index (χ0v) is 10.1. The molecule has 1 unspecified atom stereocenters. The predicted octanol–water partition coefficient (Wildman–Crippen LogP) is 1.90. The Morgan fingerprint density at radius 2 is 2.17 bits per heavy atom. The van der Waals surface area contributed by atoms with Gasteiger partial charge >= 0.3 is 0 Å². The smallest absolute Gasteiger partial charge is 0.146 e. The highest BCUT2D eigenvalue weighted by Crippen LogP contribution is 2.26. The molecular formula is C13H15FN4. The number of nitrogens with one attached hydrogen (secondary N) is 1. The molecule has 94 valence electrons. The number of nitrogens with two attached hydrogens (primary N) is 1. The maximum Gasteiger partial charge on any atom is 0.146 e. The van der Waals surface area contributed by atoms with Gasteiger partial charge in [-0.1, -0.05) is 13.0 Å². The maximum atomic E-state index is 13.8. The number of pyridine rings is 2. The van der Waals surface area contributed by atoms with Crippen molar-refractivity contribution in [1.82, 2.24) is 15.3 Å². The van der Waals surface area contributed by atoms with Crippen molar-refractivity contribution in [1.29, 1.82) is 0 Å². The molecule has 0 aliphatic heterocycles. The summed E-state index contributed by atoms with van der Waals surface area (Å²) in [5, 5.41) is 3.21. The van der Waals surface area contributed by atoms with Gasteiger partial charge in [-0.05, 0) is 18.7 Å². The molecule has 0 saturated carbocycles. The summed E-state index contributed by atoms with van der Waals surface area (Å²) < 4.78 is 13.8. The largest absolute Gasteiger partial charge is 0.383 e. The molecule has 5 heteroatoms. The average molecular weight is 246 g/mol. The standard InChI is InChI=1S/C13H15FN4/c1-2-17-12(9-5-7-16-8-11(9)14)10-4-3-6-18-13(10)15/h3-8,12,17H,2H2,1H3,(H2,15,18). The lowest BCUT2D eigenvalue weighted by molar-refractivity contribution is 0.555. The van der Waals surface area contributed by atoms with Crippen LogP contribution in [0.25, 0.3) is 0 Å². The second-order valence-electron chi connectivity index (χ2n) is 3.87. The molecule has 0 radical (unpaired) electrons. The van der Waals surface area contributed by atoms with Gasteiger partial charge in [0.2, 0.25) is 0 Å². The van der Waals surface area contributed by atoms with Gasteiger partial charge in [0, 0.05) is 23.5 Å². The number of anilines is 1. The van der Waals surface area contributed by atoms with Crippen LogP contribution in [0.4, 0.5) is 10.2 Å². The minimum absolute atomic E-state index is 0.313. The Hall–Kier alpha value is -2.01. The van der Waals surface area contributed by atoms with E-state index < -0.39 is 0 Å². The molecule has 0 spiro atoms. The second kappa shape index (κ2) is 5.55. The van der Waals surface area contributed by atoms with E-state index in [-0.39, 0.29) is 11.9 Å². The molecule has 2 aromatic heterocycles. The first-order chi connectivity index (χ1) is 8.74. The topological polar surface area (TPSA) is 63.8 Å². The van der Waals surface area contributed by atoms with E-state index in [0.717, 1.165) is 5.56 Å². The molecule has 2 rings (SSSR count). The van der Waals surface area contributed by atoms with Crippen molar-refractivity contribution in [2.24, 2.45) is 0 Å². The van der Waals surface area contributed by atoms with E-state index in [1.807, 2.05) is 13.0 Å². The van der Waals surface area contributed by atoms with Crippen LogP contribution >= 0.6 is 0 Å². The fourth-order valence-corrected chi connectivity index (χ4v) is 1.89. The average Bonchev–Trinajstić information content (AvgIpc) is 2.38. The first-order valence-electron chi connectivity index (χ1n) is 5.77. The van der Waals surface area contributed by atoms with Gasteiger partial charge in [0.25, 0.3) is 0 Å². The number of aromatic nitrogens is 2. The Labute approximate surface area is 105 Å². The Bertz CT molecular complexity index is 484. The Balaban J connectivity index is 2.47. The number of hydrogen-bond donors (Lipinski definition) is 2. The van der Waals surface area contributed by atoms with E-state index in [2.05, 4.69) is 15.3 Å². The molecule has 3 N–H and O–H groups in total. The summed E-state index contributed by atoms with van der Waals surface area (Å²) in [6.45, 7) is 2.65. The minimum atomic E-state index is -0.355. The molecule has 18 heavy (non-hydrogen) atoms. The highest BCUT2D eigenvalue weighted by molar-refractivity contribution is 5.45. The van der Waals surface area contributed by atoms with Crippen LogP contribution in [0.1, 0.15) is 24.1 Å². The highest BCUT2D eigenvalue weighted by Gasteiger charge is 2.19. The number of hydrogen-bond acceptors (Lipinski definition) is 4. The van der Waals surface area contributed by atoms with Crippen LogP contribution in [0.2, 0.25) is 0 Å². The lowest BCUT2D eigenvalue weighted by Crippen LogP contribution is -2.24. The van der Waals surface area contributed by atoms with Crippen LogP contribution in [0.15, 0.2) is 36.8 Å². The summed E-state index contributed by atoms with van der Waals surface area (Å²) in [6.07, 6.45) is 4.38. The lowest BCUT2D eigenvalue weighted by atomic mass is 10.00. The fourth-order valence-electron chi connectivity index (χ4n) is 1.89. The van der Waals surface area contributed by atoms with Crippen LogP contribution in [-0.4, -0.2) is 16.5 Å². The number of nitrogen functional groups attached to an aromatic ring is 1. The van der Waals surface area contributed by atoms with E-state index in [4.69, 9.17) is 5.73 Å². The molecule has 0 aliphatic carbocycles. The predicted molar refractivity (Wildman–Crippen MR) is 68.4 cm³/mol. The minimum Gasteiger partial charge on any atom is -0.383 e. The lowest BCUT2D eigenvalue weighted by Gasteiger charge is -2.20. The van der Waals surface area contributed by atoms with Crippen LogP contribution in [0, 0.1) is 5.82 Å². The third-order valence-electron chi connectivity index (χ3n) is 2.71. The van der Waals surface area contributed by atoms with Crippen molar-refractivity contribution < 1.29 is 4.39 Å². The first-order valence-corrected chi connectivity index (χ1v) is 5.77. The van der Waals surface area contributed by atoms with Crippen LogP contribution < -0.4 is 11.1 Å². The van der Waals surface area contributed by atoms with E-state index >= 15 is 0 Å². The second-order valence-corrected chi connectivity index (χ2v) is 3.87. The summed E-state index contributed by atoms with van der Waals surface area (Å²) >= 11 is 0. The molecule has 0 amide bonds. The molecule has 2 aromatic rings. The van der Waals surface area contributed by atoms with E-state index in [9.17, 15) is 4.39 Å². The molecule has 0 aromatic carbocycles. The van der Waals surface area contributed by atoms with Crippen LogP contribution in [0.3, 0.4) is 0 Å². The Morgan fingerprint density at radius 1 is 1.33 bits per heavy atom. The van der Waals surface area contributed by atoms with E-state index in [1.165, 1.54) is 6.20 Å². The Kier molecular flexibility index (Phi) is 3.84. The van der Waals surface area contributed by atoms with E-state index in [1.54, 1.807) is 24.5 Å². The van der Waals surface area contributed by atoms with Gasteiger partial charge in [0.15, 0.2) is 0 Å². The summed E-state index contributed by atoms with van der Waals surface area (Å²) in [5.74, 6) is 0.0476. The molecule has 2 heterocycles. The van der Waals surface area contributed by atoms with Crippen LogP contribution in [-0.2, 0) is 0 Å². The van der Waals surface area contributed by atoms with Gasteiger partial charge < -0.3 is 11.1 Å². The zero-order chi connectivity index (χ0) is 13.0. The zero-order valence-electron chi connectivity index (χ0n) is 10.1. The van der Waals surface area contributed by atoms with Crippen molar-refractivity contribution in [3.63, 3.8) is 0 Å². The quantitative estimate of drug-likeness (QED) is 0.864. The summed E-state index contributed by atoms with van der Waals surface area (Å²) in [7, 11) is 0. The van der Waals surface area contributed by atoms with Gasteiger partial charge in [-0.3, -0.25) is 4.98 Å². The van der Waals surface area contributed by atoms with Crippen molar-refractivity contribution in [3.05, 3.63) is 53.7 Å². The molecule has 0 bridgehead atoms. The fraction of sp³-hybridized carbons (Fsp3) is 0.231. The Morgan fingerprint density at radius 3 is 2.83 bits per heavy atom. The molecule has 0 saturated heterocycles. The summed E-state index contributed by atoms with van der Waals surface area (Å²) in [6, 6.07) is 4.96. The highest BCUT2D eigenvalue weighted by atomic mass is 19.1. The molecule has 1 atom stereocenters. The van der Waals surface area contributed by atoms with Crippen molar-refractivity contribution in [2.75, 3.05) is 12.3 Å². The number of rotatable bonds is 4. The third kappa shape index (κ3) is 2.46. The normalized spacial score (nSPS) is 12.3. The van der Waals surface area contributed by atoms with Crippen LogP contribution in [0.5, 0.6) is 0 Å². The summed E-state index contributed by atoms with van der Waals surface area (Å²) in [5.41, 5.74) is 7.14. The monoisotopic (exact) mass is 246 g/mol. The molecule has 4 nitrogen and oxygen atoms in total. The van der Waals surface area contributed by atoms with Gasteiger partial charge in [-0.15, -0.1) is 0 Å².